The molecule has 0 bridgehead atoms. The normalized spacial score (nSPS) is 19.2. The zero-order chi connectivity index (χ0) is 20.2. The minimum absolute atomic E-state index is 0.0153. The van der Waals surface area contributed by atoms with E-state index in [-0.39, 0.29) is 11.9 Å². The Balaban J connectivity index is 1.37. The van der Waals surface area contributed by atoms with E-state index in [2.05, 4.69) is 14.5 Å². The molecule has 1 fully saturated rings. The van der Waals surface area contributed by atoms with Crippen molar-refractivity contribution >= 4 is 15.5 Å². The monoisotopic (exact) mass is 411 g/mol. The molecular formula is C22H22FN3O2S. The van der Waals surface area contributed by atoms with Gasteiger partial charge in [0, 0.05) is 36.2 Å². The minimum Gasteiger partial charge on any atom is -0.372 e. The molecule has 5 nitrogen and oxygen atoms in total. The number of fused-ring (bicyclic) bond motifs is 3. The summed E-state index contributed by atoms with van der Waals surface area (Å²) < 4.78 is 40.2. The van der Waals surface area contributed by atoms with Gasteiger partial charge in [0.15, 0.2) is 9.84 Å². The van der Waals surface area contributed by atoms with Crippen molar-refractivity contribution in [2.75, 3.05) is 24.2 Å². The Kier molecular flexibility index (Phi) is 4.24. The first-order chi connectivity index (χ1) is 13.9. The Labute approximate surface area is 169 Å². The molecule has 1 unspecified atom stereocenters. The van der Waals surface area contributed by atoms with Gasteiger partial charge in [0.1, 0.15) is 5.82 Å². The molecule has 0 N–H and O–H groups in total. The van der Waals surface area contributed by atoms with Crippen LogP contribution in [0.4, 0.5) is 10.1 Å². The van der Waals surface area contributed by atoms with Crippen molar-refractivity contribution in [3.8, 4) is 11.3 Å². The van der Waals surface area contributed by atoms with Crippen LogP contribution in [0.5, 0.6) is 0 Å². The number of imidazole rings is 1. The summed E-state index contributed by atoms with van der Waals surface area (Å²) >= 11 is 0. The Bertz CT molecular complexity index is 1160. The molecule has 3 aromatic rings. The quantitative estimate of drug-likeness (QED) is 0.656. The Morgan fingerprint density at radius 1 is 1.07 bits per heavy atom. The summed E-state index contributed by atoms with van der Waals surface area (Å²) in [5.74, 6) is 0.183. The van der Waals surface area contributed by atoms with E-state index in [1.807, 2.05) is 30.7 Å². The summed E-state index contributed by atoms with van der Waals surface area (Å²) in [5.41, 5.74) is 3.76. The molecule has 0 spiro atoms. The van der Waals surface area contributed by atoms with Crippen molar-refractivity contribution in [3.05, 3.63) is 66.4 Å². The van der Waals surface area contributed by atoms with E-state index < -0.39 is 9.84 Å². The van der Waals surface area contributed by atoms with Crippen LogP contribution in [0.25, 0.3) is 11.3 Å². The summed E-state index contributed by atoms with van der Waals surface area (Å²) in [7, 11) is -3.19. The lowest BCUT2D eigenvalue weighted by atomic mass is 9.85. The minimum atomic E-state index is -3.19. The van der Waals surface area contributed by atoms with Gasteiger partial charge in [0.2, 0.25) is 0 Å². The van der Waals surface area contributed by atoms with E-state index in [1.54, 1.807) is 24.3 Å². The van der Waals surface area contributed by atoms with Crippen molar-refractivity contribution in [1.29, 1.82) is 0 Å². The van der Waals surface area contributed by atoms with Gasteiger partial charge in [0.25, 0.3) is 0 Å². The van der Waals surface area contributed by atoms with Crippen molar-refractivity contribution in [1.82, 2.24) is 9.55 Å². The van der Waals surface area contributed by atoms with Crippen LogP contribution in [0.15, 0.2) is 59.9 Å². The lowest BCUT2D eigenvalue weighted by molar-refractivity contribution is 0.312. The molecule has 7 heteroatoms. The van der Waals surface area contributed by atoms with Gasteiger partial charge in [0.05, 0.1) is 29.2 Å². The van der Waals surface area contributed by atoms with Gasteiger partial charge in [-0.05, 0) is 49.1 Å². The van der Waals surface area contributed by atoms with Gasteiger partial charge >= 0.3 is 0 Å². The Morgan fingerprint density at radius 3 is 2.48 bits per heavy atom. The van der Waals surface area contributed by atoms with Gasteiger partial charge in [-0.2, -0.15) is 0 Å². The lowest BCUT2D eigenvalue weighted by Gasteiger charge is -2.37. The van der Waals surface area contributed by atoms with Crippen LogP contribution >= 0.6 is 0 Å². The number of rotatable bonds is 3. The van der Waals surface area contributed by atoms with Crippen LogP contribution in [0.2, 0.25) is 0 Å². The largest absolute Gasteiger partial charge is 0.372 e. The van der Waals surface area contributed by atoms with Crippen LogP contribution < -0.4 is 4.90 Å². The molecule has 3 heterocycles. The number of hydrogen-bond donors (Lipinski definition) is 0. The number of nitrogens with zero attached hydrogens (tertiary/aromatic N) is 3. The molecule has 5 rings (SSSR count). The fraction of sp³-hybridized carbons (Fsp3) is 0.318. The van der Waals surface area contributed by atoms with E-state index in [9.17, 15) is 12.8 Å². The van der Waals surface area contributed by atoms with Gasteiger partial charge in [-0.15, -0.1) is 0 Å². The number of sulfone groups is 1. The number of anilines is 1. The first kappa shape index (κ1) is 18.4. The smallest absolute Gasteiger partial charge is 0.175 e. The second kappa shape index (κ2) is 6.69. The van der Waals surface area contributed by atoms with E-state index in [0.29, 0.717) is 10.8 Å². The highest BCUT2D eigenvalue weighted by atomic mass is 32.2. The number of aromatic nitrogens is 2. The highest BCUT2D eigenvalue weighted by Gasteiger charge is 2.37. The molecule has 0 saturated carbocycles. The molecule has 29 heavy (non-hydrogen) atoms. The third-order valence-corrected chi connectivity index (χ3v) is 7.34. The zero-order valence-electron chi connectivity index (χ0n) is 16.1. The Hall–Kier alpha value is -2.67. The van der Waals surface area contributed by atoms with Gasteiger partial charge in [-0.1, -0.05) is 12.1 Å². The molecule has 0 amide bonds. The average molecular weight is 412 g/mol. The average Bonchev–Trinajstić information content (AvgIpc) is 3.29. The highest BCUT2D eigenvalue weighted by molar-refractivity contribution is 7.90. The van der Waals surface area contributed by atoms with Gasteiger partial charge in [-0.3, -0.25) is 0 Å². The van der Waals surface area contributed by atoms with Crippen LogP contribution in [-0.4, -0.2) is 37.3 Å². The molecule has 0 aliphatic carbocycles. The van der Waals surface area contributed by atoms with Crippen molar-refractivity contribution in [2.24, 2.45) is 5.92 Å². The van der Waals surface area contributed by atoms with Crippen LogP contribution in [0.3, 0.4) is 0 Å². The lowest BCUT2D eigenvalue weighted by Crippen LogP contribution is -2.36. The molecule has 1 atom stereocenters. The SMILES string of the molecule is CS(=O)(=O)c1ccc(N2CCC(C3c4c(F)cccc4-c4cncn43)CC2)cc1. The molecule has 150 valence electrons. The molecular weight excluding hydrogens is 389 g/mol. The maximum absolute atomic E-state index is 14.7. The molecule has 1 saturated heterocycles. The second-order valence-electron chi connectivity index (χ2n) is 7.92. The summed E-state index contributed by atoms with van der Waals surface area (Å²) in [5, 5.41) is 0. The number of piperidine rings is 1. The van der Waals surface area contributed by atoms with E-state index in [4.69, 9.17) is 0 Å². The molecule has 2 aromatic carbocycles. The standard InChI is InChI=1S/C22H22FN3O2S/c1-29(27,28)17-7-5-16(6-8-17)25-11-9-15(10-12-25)22-21-18(3-2-4-19(21)23)20-13-24-14-26(20)22/h2-8,13-15,22H,9-12H2,1H3. The second-order valence-corrected chi connectivity index (χ2v) is 9.94. The first-order valence-corrected chi connectivity index (χ1v) is 11.7. The third-order valence-electron chi connectivity index (χ3n) is 6.21. The highest BCUT2D eigenvalue weighted by Crippen LogP contribution is 2.46. The fourth-order valence-electron chi connectivity index (χ4n) is 4.78. The first-order valence-electron chi connectivity index (χ1n) is 9.79. The summed E-state index contributed by atoms with van der Waals surface area (Å²) in [6.45, 7) is 1.71. The summed E-state index contributed by atoms with van der Waals surface area (Å²) in [6, 6.07) is 12.3. The van der Waals surface area contributed by atoms with Gasteiger partial charge < -0.3 is 9.47 Å². The Morgan fingerprint density at radius 2 is 1.79 bits per heavy atom. The van der Waals surface area contributed by atoms with E-state index in [0.717, 1.165) is 48.4 Å². The number of halogens is 1. The van der Waals surface area contributed by atoms with Gasteiger partial charge in [-0.25, -0.2) is 17.8 Å². The topological polar surface area (TPSA) is 55.2 Å². The molecule has 2 aliphatic heterocycles. The van der Waals surface area contributed by atoms with Crippen LogP contribution in [-0.2, 0) is 9.84 Å². The van der Waals surface area contributed by atoms with E-state index in [1.165, 1.54) is 6.26 Å². The summed E-state index contributed by atoms with van der Waals surface area (Å²) in [4.78, 5) is 6.90. The van der Waals surface area contributed by atoms with Crippen LogP contribution in [0.1, 0.15) is 24.4 Å². The van der Waals surface area contributed by atoms with Crippen LogP contribution in [0, 0.1) is 11.7 Å². The predicted molar refractivity (Wildman–Crippen MR) is 110 cm³/mol. The van der Waals surface area contributed by atoms with Crippen molar-refractivity contribution in [3.63, 3.8) is 0 Å². The molecule has 0 radical (unpaired) electrons. The number of benzene rings is 2. The van der Waals surface area contributed by atoms with Crippen molar-refractivity contribution in [2.45, 2.75) is 23.8 Å². The third kappa shape index (κ3) is 3.04. The van der Waals surface area contributed by atoms with E-state index >= 15 is 0 Å². The predicted octanol–water partition coefficient (Wildman–Crippen LogP) is 3.91. The maximum Gasteiger partial charge on any atom is 0.175 e. The fourth-order valence-corrected chi connectivity index (χ4v) is 5.41. The maximum atomic E-state index is 14.7. The zero-order valence-corrected chi connectivity index (χ0v) is 16.9. The molecule has 2 aliphatic rings. The summed E-state index contributed by atoms with van der Waals surface area (Å²) in [6.07, 6.45) is 6.72. The molecule has 1 aromatic heterocycles. The number of hydrogen-bond acceptors (Lipinski definition) is 4. The van der Waals surface area contributed by atoms with Crippen molar-refractivity contribution < 1.29 is 12.8 Å².